The van der Waals surface area contributed by atoms with Crippen molar-refractivity contribution in [2.24, 2.45) is 5.73 Å². The van der Waals surface area contributed by atoms with Gasteiger partial charge in [-0.05, 0) is 28.1 Å². The van der Waals surface area contributed by atoms with E-state index in [-0.39, 0.29) is 25.1 Å². The summed E-state index contributed by atoms with van der Waals surface area (Å²) in [5.74, 6) is 0.790. The second-order valence-corrected chi connectivity index (χ2v) is 3.13. The summed E-state index contributed by atoms with van der Waals surface area (Å²) in [5, 5.41) is 8.62. The predicted molar refractivity (Wildman–Crippen MR) is 52.4 cm³/mol. The maximum Gasteiger partial charge on any atom is 0.169 e. The van der Waals surface area contributed by atoms with Crippen molar-refractivity contribution in [3.8, 4) is 0 Å². The van der Waals surface area contributed by atoms with Gasteiger partial charge in [0.2, 0.25) is 0 Å². The van der Waals surface area contributed by atoms with Gasteiger partial charge in [0.1, 0.15) is 5.76 Å². The fraction of sp³-hybridized carbons (Fsp3) is 0.429. The SMILES string of the molecule is Cl.NC(CO)Cc1ccc(Br)o1. The highest BCUT2D eigenvalue weighted by atomic mass is 79.9. The average Bonchev–Trinajstić information content (AvgIpc) is 2.35. The molecule has 1 unspecified atom stereocenters. The summed E-state index contributed by atoms with van der Waals surface area (Å²) in [4.78, 5) is 0. The molecule has 5 heteroatoms. The van der Waals surface area contributed by atoms with Crippen molar-refractivity contribution in [1.82, 2.24) is 0 Å². The van der Waals surface area contributed by atoms with Gasteiger partial charge in [-0.25, -0.2) is 0 Å². The highest BCUT2D eigenvalue weighted by Crippen LogP contribution is 2.14. The monoisotopic (exact) mass is 255 g/mol. The molecule has 12 heavy (non-hydrogen) atoms. The molecule has 70 valence electrons. The maximum absolute atomic E-state index is 8.62. The first kappa shape index (κ1) is 12.0. The zero-order valence-corrected chi connectivity index (χ0v) is 8.77. The Hall–Kier alpha value is -0.0300. The van der Waals surface area contributed by atoms with Crippen molar-refractivity contribution in [1.29, 1.82) is 0 Å². The van der Waals surface area contributed by atoms with Crippen molar-refractivity contribution in [3.63, 3.8) is 0 Å². The van der Waals surface area contributed by atoms with Gasteiger partial charge < -0.3 is 15.3 Å². The van der Waals surface area contributed by atoms with Gasteiger partial charge >= 0.3 is 0 Å². The molecule has 0 spiro atoms. The van der Waals surface area contributed by atoms with E-state index in [1.165, 1.54) is 0 Å². The molecule has 0 bridgehead atoms. The van der Waals surface area contributed by atoms with E-state index in [1.807, 2.05) is 6.07 Å². The van der Waals surface area contributed by atoms with E-state index in [1.54, 1.807) is 6.07 Å². The van der Waals surface area contributed by atoms with E-state index in [2.05, 4.69) is 15.9 Å². The van der Waals surface area contributed by atoms with Gasteiger partial charge in [-0.2, -0.15) is 0 Å². The first-order valence-electron chi connectivity index (χ1n) is 3.33. The van der Waals surface area contributed by atoms with Crippen LogP contribution in [0, 0.1) is 0 Å². The quantitative estimate of drug-likeness (QED) is 0.858. The summed E-state index contributed by atoms with van der Waals surface area (Å²) in [6, 6.07) is 3.41. The van der Waals surface area contributed by atoms with Crippen LogP contribution in [0.2, 0.25) is 0 Å². The summed E-state index contributed by atoms with van der Waals surface area (Å²) in [5.41, 5.74) is 5.49. The van der Waals surface area contributed by atoms with Gasteiger partial charge in [-0.15, -0.1) is 12.4 Å². The van der Waals surface area contributed by atoms with Gasteiger partial charge in [0.25, 0.3) is 0 Å². The standard InChI is InChI=1S/C7H10BrNO2.ClH/c8-7-2-1-6(11-7)3-5(9)4-10;/h1-2,5,10H,3-4,9H2;1H. The van der Waals surface area contributed by atoms with Crippen LogP contribution >= 0.6 is 28.3 Å². The number of aliphatic hydroxyl groups is 1. The molecule has 1 rings (SSSR count). The Morgan fingerprint density at radius 1 is 1.58 bits per heavy atom. The van der Waals surface area contributed by atoms with E-state index < -0.39 is 0 Å². The molecule has 1 heterocycles. The molecule has 0 saturated heterocycles. The van der Waals surface area contributed by atoms with Gasteiger partial charge in [-0.3, -0.25) is 0 Å². The van der Waals surface area contributed by atoms with Gasteiger partial charge in [0.15, 0.2) is 4.67 Å². The molecule has 0 radical (unpaired) electrons. The number of nitrogens with two attached hydrogens (primary N) is 1. The summed E-state index contributed by atoms with van der Waals surface area (Å²) >= 11 is 3.17. The molecule has 1 atom stereocenters. The minimum atomic E-state index is -0.229. The molecular formula is C7H11BrClNO2. The normalized spacial score (nSPS) is 12.2. The Balaban J connectivity index is 0.00000121. The van der Waals surface area contributed by atoms with Gasteiger partial charge in [-0.1, -0.05) is 0 Å². The zero-order chi connectivity index (χ0) is 8.27. The van der Waals surface area contributed by atoms with Crippen LogP contribution < -0.4 is 5.73 Å². The third-order valence-corrected chi connectivity index (χ3v) is 1.75. The molecule has 0 aliphatic carbocycles. The van der Waals surface area contributed by atoms with E-state index in [0.29, 0.717) is 11.1 Å². The lowest BCUT2D eigenvalue weighted by Gasteiger charge is -2.03. The molecule has 0 saturated carbocycles. The van der Waals surface area contributed by atoms with Crippen LogP contribution in [0.15, 0.2) is 21.2 Å². The maximum atomic E-state index is 8.62. The molecule has 0 aromatic carbocycles. The van der Waals surface area contributed by atoms with Crippen molar-refractivity contribution in [3.05, 3.63) is 22.6 Å². The Morgan fingerprint density at radius 3 is 2.67 bits per heavy atom. The van der Waals surface area contributed by atoms with E-state index in [4.69, 9.17) is 15.3 Å². The summed E-state index contributed by atoms with van der Waals surface area (Å²) in [6.07, 6.45) is 0.572. The van der Waals surface area contributed by atoms with Gasteiger partial charge in [0, 0.05) is 12.5 Å². The second kappa shape index (κ2) is 5.59. The van der Waals surface area contributed by atoms with E-state index in [9.17, 15) is 0 Å². The number of hydrogen-bond acceptors (Lipinski definition) is 3. The van der Waals surface area contributed by atoms with Crippen molar-refractivity contribution >= 4 is 28.3 Å². The zero-order valence-electron chi connectivity index (χ0n) is 6.37. The smallest absolute Gasteiger partial charge is 0.169 e. The van der Waals surface area contributed by atoms with Gasteiger partial charge in [0.05, 0.1) is 6.61 Å². The van der Waals surface area contributed by atoms with Crippen molar-refractivity contribution in [2.45, 2.75) is 12.5 Å². The lowest BCUT2D eigenvalue weighted by atomic mass is 10.2. The molecule has 3 N–H and O–H groups in total. The summed E-state index contributed by atoms with van der Waals surface area (Å²) in [6.45, 7) is -0.0156. The third-order valence-electron chi connectivity index (χ3n) is 1.33. The fourth-order valence-electron chi connectivity index (χ4n) is 0.784. The second-order valence-electron chi connectivity index (χ2n) is 2.35. The lowest BCUT2D eigenvalue weighted by Crippen LogP contribution is -2.26. The van der Waals surface area contributed by atoms with Crippen LogP contribution in [0.25, 0.3) is 0 Å². The van der Waals surface area contributed by atoms with E-state index in [0.717, 1.165) is 5.76 Å². The molecule has 0 fully saturated rings. The Labute approximate surface area is 85.5 Å². The fourth-order valence-corrected chi connectivity index (χ4v) is 1.12. The van der Waals surface area contributed by atoms with Crippen LogP contribution in [0.1, 0.15) is 5.76 Å². The highest BCUT2D eigenvalue weighted by Gasteiger charge is 2.05. The number of aliphatic hydroxyl groups excluding tert-OH is 1. The van der Waals surface area contributed by atoms with Crippen LogP contribution in [0.5, 0.6) is 0 Å². The largest absolute Gasteiger partial charge is 0.454 e. The Bertz CT molecular complexity index is 229. The van der Waals surface area contributed by atoms with Crippen LogP contribution in [-0.2, 0) is 6.42 Å². The number of rotatable bonds is 3. The van der Waals surface area contributed by atoms with Crippen LogP contribution in [-0.4, -0.2) is 17.8 Å². The van der Waals surface area contributed by atoms with Crippen molar-refractivity contribution in [2.75, 3.05) is 6.61 Å². The Kier molecular flexibility index (Phi) is 5.57. The number of hydrogen-bond donors (Lipinski definition) is 2. The number of furan rings is 1. The summed E-state index contributed by atoms with van der Waals surface area (Å²) < 4.78 is 5.87. The lowest BCUT2D eigenvalue weighted by molar-refractivity contribution is 0.260. The Morgan fingerprint density at radius 2 is 2.25 bits per heavy atom. The molecular weight excluding hydrogens is 245 g/mol. The topological polar surface area (TPSA) is 59.4 Å². The molecule has 1 aromatic heterocycles. The van der Waals surface area contributed by atoms with Crippen LogP contribution in [0.3, 0.4) is 0 Å². The average molecular weight is 257 g/mol. The summed E-state index contributed by atoms with van der Waals surface area (Å²) in [7, 11) is 0. The highest BCUT2D eigenvalue weighted by molar-refractivity contribution is 9.10. The molecule has 0 amide bonds. The molecule has 0 aliphatic rings. The first-order valence-corrected chi connectivity index (χ1v) is 4.12. The van der Waals surface area contributed by atoms with E-state index >= 15 is 0 Å². The van der Waals surface area contributed by atoms with Crippen LogP contribution in [0.4, 0.5) is 0 Å². The minimum absolute atomic E-state index is 0. The molecule has 0 aliphatic heterocycles. The molecule has 1 aromatic rings. The minimum Gasteiger partial charge on any atom is -0.454 e. The third kappa shape index (κ3) is 3.58. The molecule has 3 nitrogen and oxygen atoms in total. The first-order chi connectivity index (χ1) is 5.22. The number of halogens is 2. The predicted octanol–water partition coefficient (Wildman–Crippen LogP) is 1.33. The van der Waals surface area contributed by atoms with Crippen molar-refractivity contribution < 1.29 is 9.52 Å².